The van der Waals surface area contributed by atoms with Gasteiger partial charge in [-0.2, -0.15) is 9.97 Å². The monoisotopic (exact) mass is 1160 g/mol. The lowest BCUT2D eigenvalue weighted by molar-refractivity contribution is -0.137. The number of urea groups is 1. The number of unbranched alkanes of at least 4 members (excludes halogenated alkanes) is 2. The van der Waals surface area contributed by atoms with E-state index in [1.807, 2.05) is 48.5 Å². The first-order valence-electron chi connectivity index (χ1n) is 28.1. The normalized spacial score (nSPS) is 12.8. The average Bonchev–Trinajstić information content (AvgIpc) is 4.01. The molecule has 8 amide bonds. The highest BCUT2D eigenvalue weighted by Gasteiger charge is 2.29. The fraction of sp³-hybridized carbons (Fsp3) is 0.448. The SMILES string of the molecule is CCCCCNc1nc(N)c2[nH]c(=O)n(Cc3ccc(CN(Cc4ccc(CN)cc4)C(=O)OCc4ccc(NC(=O)[C@H](CCCNC(N)=O)NC(=O)[C@@H](NC(=O)CCOCCOCCOCCN5C(=O)C=CC5=O)C(C)C)cc4)cc3)c2n1. The van der Waals surface area contributed by atoms with E-state index in [9.17, 15) is 38.4 Å². The van der Waals surface area contributed by atoms with Gasteiger partial charge in [-0.3, -0.25) is 38.3 Å². The van der Waals surface area contributed by atoms with Crippen molar-refractivity contribution in [1.82, 2.24) is 45.3 Å². The third-order valence-electron chi connectivity index (χ3n) is 13.4. The van der Waals surface area contributed by atoms with Crippen molar-refractivity contribution in [1.29, 1.82) is 0 Å². The summed E-state index contributed by atoms with van der Waals surface area (Å²) in [5, 5.41) is 14.0. The number of H-pyrrole nitrogens is 1. The number of nitrogen functional groups attached to an aromatic ring is 1. The number of carbonyl (C=O) groups is 7. The summed E-state index contributed by atoms with van der Waals surface area (Å²) in [6, 6.07) is 19.0. The molecule has 0 unspecified atom stereocenters. The maximum Gasteiger partial charge on any atom is 0.410 e. The van der Waals surface area contributed by atoms with Crippen LogP contribution >= 0.6 is 0 Å². The first kappa shape index (κ1) is 64.4. The third-order valence-corrected chi connectivity index (χ3v) is 13.4. The fourth-order valence-electron chi connectivity index (χ4n) is 8.68. The fourth-order valence-corrected chi connectivity index (χ4v) is 8.68. The third kappa shape index (κ3) is 20.6. The molecule has 0 saturated carbocycles. The van der Waals surface area contributed by atoms with Crippen LogP contribution < -0.4 is 49.5 Å². The van der Waals surface area contributed by atoms with Crippen LogP contribution in [0.25, 0.3) is 11.2 Å². The standard InChI is InChI=1S/C58H78N14O12/c1-4-5-6-24-63-56-68-51(60)50-52(69-56)72(57(79)67-50)36-42-15-13-41(14-16-42)35-70(34-40-11-9-39(33-59)10-12-40)58(80)84-37-43-17-19-44(20-18-43)64-53(76)45(8-7-25-62-55(61)78)65-54(77)49(38(2)3)66-46(73)23-27-81-29-31-83-32-30-82-28-26-71-47(74)21-22-48(71)75/h9-22,38,45,49H,4-8,23-37,59H2,1-3H3,(H,64,76)(H,65,77)(H,66,73)(H,67,79)(H3,61,62,78)(H3,60,63,68,69)/t45-,49-/m0/s1. The second-order valence-corrected chi connectivity index (χ2v) is 20.2. The molecule has 0 spiro atoms. The summed E-state index contributed by atoms with van der Waals surface area (Å²) in [6.45, 7) is 8.62. The summed E-state index contributed by atoms with van der Waals surface area (Å²) >= 11 is 0. The topological polar surface area (TPSA) is 365 Å². The van der Waals surface area contributed by atoms with Gasteiger partial charge in [0, 0.05) is 57.0 Å². The Hall–Kier alpha value is -8.72. The van der Waals surface area contributed by atoms with Crippen LogP contribution in [0.1, 0.15) is 87.1 Å². The molecule has 26 nitrogen and oxygen atoms in total. The number of imide groups is 1. The Morgan fingerprint density at radius 1 is 0.714 bits per heavy atom. The predicted octanol–water partition coefficient (Wildman–Crippen LogP) is 3.53. The molecule has 1 aliphatic heterocycles. The lowest BCUT2D eigenvalue weighted by atomic mass is 10.0. The number of hydrogen-bond acceptors (Lipinski definition) is 17. The van der Waals surface area contributed by atoms with E-state index < -0.39 is 41.9 Å². The summed E-state index contributed by atoms with van der Waals surface area (Å²) < 4.78 is 23.8. The first-order valence-corrected chi connectivity index (χ1v) is 28.1. The summed E-state index contributed by atoms with van der Waals surface area (Å²) in [4.78, 5) is 116. The molecule has 0 aliphatic carbocycles. The summed E-state index contributed by atoms with van der Waals surface area (Å²) in [5.74, 6) is -2.19. The minimum absolute atomic E-state index is 0.0515. The number of fused-ring (bicyclic) bond motifs is 1. The minimum Gasteiger partial charge on any atom is -0.445 e. The minimum atomic E-state index is -1.08. The number of rotatable bonds is 36. The number of aromatic nitrogens is 4. The number of amides is 8. The molecule has 1 aliphatic rings. The average molecular weight is 1160 g/mol. The molecule has 3 heterocycles. The van der Waals surface area contributed by atoms with Gasteiger partial charge in [0.15, 0.2) is 11.5 Å². The maximum atomic E-state index is 13.9. The smallest absolute Gasteiger partial charge is 0.410 e. The number of nitrogens with two attached hydrogens (primary N) is 3. The van der Waals surface area contributed by atoms with Crippen molar-refractivity contribution < 1.29 is 52.5 Å². The van der Waals surface area contributed by atoms with E-state index in [1.54, 1.807) is 43.0 Å². The van der Waals surface area contributed by atoms with Crippen LogP contribution in [-0.2, 0) is 75.7 Å². The molecule has 0 fully saturated rings. The Bertz CT molecular complexity index is 3060. The van der Waals surface area contributed by atoms with Gasteiger partial charge in [0.1, 0.15) is 24.2 Å². The van der Waals surface area contributed by atoms with Crippen LogP contribution in [0.15, 0.2) is 89.7 Å². The molecule has 26 heteroatoms. The van der Waals surface area contributed by atoms with Gasteiger partial charge in [-0.05, 0) is 65.1 Å². The molecular weight excluding hydrogens is 1080 g/mol. The van der Waals surface area contributed by atoms with E-state index in [4.69, 9.17) is 36.1 Å². The molecule has 0 saturated heterocycles. The van der Waals surface area contributed by atoms with Gasteiger partial charge >= 0.3 is 17.8 Å². The van der Waals surface area contributed by atoms with Gasteiger partial charge < -0.3 is 67.7 Å². The molecule has 452 valence electrons. The number of ether oxygens (including phenoxy) is 4. The molecule has 5 aromatic rings. The highest BCUT2D eigenvalue weighted by molar-refractivity contribution is 6.12. The van der Waals surface area contributed by atoms with Crippen molar-refractivity contribution in [2.75, 3.05) is 75.6 Å². The van der Waals surface area contributed by atoms with E-state index in [0.717, 1.165) is 46.4 Å². The Kier molecular flexibility index (Phi) is 25.6. The predicted molar refractivity (Wildman–Crippen MR) is 313 cm³/mol. The largest absolute Gasteiger partial charge is 0.445 e. The van der Waals surface area contributed by atoms with E-state index in [-0.39, 0.29) is 127 Å². The summed E-state index contributed by atoms with van der Waals surface area (Å²) in [7, 11) is 0. The van der Waals surface area contributed by atoms with Gasteiger partial charge in [-0.15, -0.1) is 0 Å². The van der Waals surface area contributed by atoms with Crippen LogP contribution in [0.3, 0.4) is 0 Å². The first-order chi connectivity index (χ1) is 40.5. The number of benzene rings is 3. The Labute approximate surface area is 486 Å². The van der Waals surface area contributed by atoms with Crippen molar-refractivity contribution in [2.24, 2.45) is 17.4 Å². The zero-order chi connectivity index (χ0) is 60.4. The Morgan fingerprint density at radius 3 is 1.94 bits per heavy atom. The highest BCUT2D eigenvalue weighted by Crippen LogP contribution is 2.20. The molecule has 6 rings (SSSR count). The quantitative estimate of drug-likeness (QED) is 0.0205. The summed E-state index contributed by atoms with van der Waals surface area (Å²) in [6.07, 6.45) is 5.24. The van der Waals surface area contributed by atoms with E-state index in [0.29, 0.717) is 41.5 Å². The van der Waals surface area contributed by atoms with Crippen molar-refractivity contribution in [2.45, 2.75) is 104 Å². The van der Waals surface area contributed by atoms with Crippen molar-refractivity contribution in [3.05, 3.63) is 123 Å². The van der Waals surface area contributed by atoms with Crippen molar-refractivity contribution in [3.8, 4) is 0 Å². The van der Waals surface area contributed by atoms with Crippen LogP contribution in [0.5, 0.6) is 0 Å². The molecule has 84 heavy (non-hydrogen) atoms. The number of nitrogens with zero attached hydrogens (tertiary/aromatic N) is 5. The molecular formula is C58H78N14O12. The maximum absolute atomic E-state index is 13.9. The highest BCUT2D eigenvalue weighted by atomic mass is 16.6. The number of hydrogen-bond donors (Lipinski definition) is 9. The van der Waals surface area contributed by atoms with Crippen LogP contribution in [0.4, 0.5) is 27.0 Å². The molecule has 2 aromatic heterocycles. The second-order valence-electron chi connectivity index (χ2n) is 20.2. The zero-order valence-corrected chi connectivity index (χ0v) is 47.8. The second kappa shape index (κ2) is 33.4. The van der Waals surface area contributed by atoms with Gasteiger partial charge in [-0.25, -0.2) is 14.4 Å². The summed E-state index contributed by atoms with van der Waals surface area (Å²) in [5.41, 5.74) is 22.1. The lowest BCUT2D eigenvalue weighted by Gasteiger charge is -2.25. The molecule has 0 bridgehead atoms. The Balaban J connectivity index is 0.997. The van der Waals surface area contributed by atoms with Gasteiger partial charge in [0.25, 0.3) is 11.8 Å². The van der Waals surface area contributed by atoms with Gasteiger partial charge in [0.05, 0.1) is 52.7 Å². The van der Waals surface area contributed by atoms with E-state index in [2.05, 4.69) is 48.5 Å². The van der Waals surface area contributed by atoms with Crippen molar-refractivity contribution >= 4 is 70.3 Å². The van der Waals surface area contributed by atoms with Crippen LogP contribution in [0.2, 0.25) is 0 Å². The van der Waals surface area contributed by atoms with Gasteiger partial charge in [0.2, 0.25) is 23.7 Å². The van der Waals surface area contributed by atoms with Crippen LogP contribution in [-0.4, -0.2) is 142 Å². The van der Waals surface area contributed by atoms with E-state index in [1.165, 1.54) is 16.7 Å². The lowest BCUT2D eigenvalue weighted by Crippen LogP contribution is -2.54. The number of imidazole rings is 1. The molecule has 12 N–H and O–H groups in total. The number of anilines is 3. The number of primary amides is 1. The number of aromatic amines is 1. The zero-order valence-electron chi connectivity index (χ0n) is 47.8. The Morgan fingerprint density at radius 2 is 1.32 bits per heavy atom. The van der Waals surface area contributed by atoms with Crippen LogP contribution in [0, 0.1) is 5.92 Å². The van der Waals surface area contributed by atoms with Crippen molar-refractivity contribution in [3.63, 3.8) is 0 Å². The number of carbonyl (C=O) groups excluding carboxylic acids is 7. The molecule has 3 aromatic carbocycles. The van der Waals surface area contributed by atoms with Gasteiger partial charge in [-0.1, -0.05) is 94.3 Å². The molecule has 0 radical (unpaired) electrons. The van der Waals surface area contributed by atoms with E-state index >= 15 is 0 Å². The molecule has 2 atom stereocenters. The number of nitrogens with one attached hydrogen (secondary N) is 6.